The Balaban J connectivity index is 1.50. The molecular weight excluding hydrogens is 540 g/mol. The molecule has 0 aliphatic heterocycles. The van der Waals surface area contributed by atoms with E-state index >= 15 is 0 Å². The van der Waals surface area contributed by atoms with Gasteiger partial charge in [-0.05, 0) is 48.0 Å². The van der Waals surface area contributed by atoms with Gasteiger partial charge in [0.25, 0.3) is 10.0 Å². The third-order valence-corrected chi connectivity index (χ3v) is 8.96. The lowest BCUT2D eigenvalue weighted by Crippen LogP contribution is -2.38. The van der Waals surface area contributed by atoms with Crippen molar-refractivity contribution in [2.75, 3.05) is 23.3 Å². The van der Waals surface area contributed by atoms with Crippen LogP contribution in [0.5, 0.6) is 5.75 Å². The van der Waals surface area contributed by atoms with E-state index in [4.69, 9.17) is 16.3 Å². The van der Waals surface area contributed by atoms with Crippen molar-refractivity contribution in [2.24, 2.45) is 0 Å². The van der Waals surface area contributed by atoms with E-state index in [1.807, 2.05) is 30.3 Å². The van der Waals surface area contributed by atoms with Gasteiger partial charge in [-0.25, -0.2) is 8.42 Å². The number of halogens is 1. The van der Waals surface area contributed by atoms with Crippen molar-refractivity contribution in [3.05, 3.63) is 89.4 Å². The van der Waals surface area contributed by atoms with Crippen LogP contribution in [-0.4, -0.2) is 38.2 Å². The Morgan fingerprint density at radius 3 is 2.50 bits per heavy atom. The van der Waals surface area contributed by atoms with E-state index in [0.717, 1.165) is 9.87 Å². The molecule has 3 aromatic carbocycles. The molecule has 1 N–H and O–H groups in total. The Labute approximate surface area is 222 Å². The largest absolute Gasteiger partial charge is 0.497 e. The van der Waals surface area contributed by atoms with E-state index in [0.29, 0.717) is 20.9 Å². The first kappa shape index (κ1) is 26.0. The highest BCUT2D eigenvalue weighted by Gasteiger charge is 2.28. The van der Waals surface area contributed by atoms with Crippen molar-refractivity contribution in [2.45, 2.75) is 15.0 Å². The van der Waals surface area contributed by atoms with Gasteiger partial charge in [0, 0.05) is 10.8 Å². The number of thioether (sulfide) groups is 1. The number of carbonyl (C=O) groups excluding carboxylic acids is 1. The van der Waals surface area contributed by atoms with Gasteiger partial charge in [0.05, 0.1) is 17.7 Å². The smallest absolute Gasteiger partial charge is 0.264 e. The van der Waals surface area contributed by atoms with E-state index < -0.39 is 22.5 Å². The van der Waals surface area contributed by atoms with Crippen LogP contribution in [0.3, 0.4) is 0 Å². The highest BCUT2D eigenvalue weighted by Crippen LogP contribution is 2.29. The monoisotopic (exact) mass is 560 g/mol. The number of ether oxygens (including phenoxy) is 1. The average Bonchev–Trinajstić information content (AvgIpc) is 3.33. The fourth-order valence-corrected chi connectivity index (χ4v) is 6.47. The summed E-state index contributed by atoms with van der Waals surface area (Å²) in [5.41, 5.74) is 1.40. The third kappa shape index (κ3) is 6.55. The maximum absolute atomic E-state index is 13.5. The van der Waals surface area contributed by atoms with Crippen LogP contribution in [0.2, 0.25) is 5.02 Å². The number of aromatic nitrogens is 2. The number of methoxy groups -OCH3 is 1. The van der Waals surface area contributed by atoms with Gasteiger partial charge < -0.3 is 4.74 Å². The van der Waals surface area contributed by atoms with Gasteiger partial charge in [-0.3, -0.25) is 14.4 Å². The van der Waals surface area contributed by atoms with E-state index in [9.17, 15) is 13.2 Å². The van der Waals surface area contributed by atoms with E-state index in [1.165, 1.54) is 48.4 Å². The van der Waals surface area contributed by atoms with Crippen molar-refractivity contribution < 1.29 is 17.9 Å². The molecule has 186 valence electrons. The quantitative estimate of drug-likeness (QED) is 0.207. The summed E-state index contributed by atoms with van der Waals surface area (Å²) in [5, 5.41) is 11.4. The van der Waals surface area contributed by atoms with Crippen molar-refractivity contribution in [3.8, 4) is 5.75 Å². The second-order valence-corrected chi connectivity index (χ2v) is 11.9. The molecule has 0 unspecified atom stereocenters. The summed E-state index contributed by atoms with van der Waals surface area (Å²) in [6, 6.07) is 22.1. The topological polar surface area (TPSA) is 101 Å². The van der Waals surface area contributed by atoms with E-state index in [2.05, 4.69) is 15.5 Å². The molecule has 0 saturated heterocycles. The summed E-state index contributed by atoms with van der Waals surface area (Å²) in [6.07, 6.45) is 0. The van der Waals surface area contributed by atoms with Crippen LogP contribution in [0.1, 0.15) is 5.56 Å². The van der Waals surface area contributed by atoms with Crippen LogP contribution < -0.4 is 14.4 Å². The van der Waals surface area contributed by atoms with Gasteiger partial charge in [0.2, 0.25) is 11.0 Å². The molecule has 8 nitrogen and oxygen atoms in total. The number of nitrogens with zero attached hydrogens (tertiary/aromatic N) is 3. The second kappa shape index (κ2) is 11.7. The maximum Gasteiger partial charge on any atom is 0.264 e. The number of nitrogens with one attached hydrogen (secondary N) is 1. The molecule has 0 spiro atoms. The molecule has 1 heterocycles. The minimum absolute atomic E-state index is 0.00610. The van der Waals surface area contributed by atoms with Gasteiger partial charge in [-0.1, -0.05) is 71.1 Å². The van der Waals surface area contributed by atoms with E-state index in [-0.39, 0.29) is 15.7 Å². The molecule has 0 aliphatic carbocycles. The molecule has 0 fully saturated rings. The average molecular weight is 561 g/mol. The molecule has 0 atom stereocenters. The zero-order chi connectivity index (χ0) is 25.5. The number of rotatable bonds is 10. The van der Waals surface area contributed by atoms with Crippen molar-refractivity contribution in [1.29, 1.82) is 0 Å². The molecule has 0 saturated carbocycles. The predicted octanol–water partition coefficient (Wildman–Crippen LogP) is 5.33. The van der Waals surface area contributed by atoms with Gasteiger partial charge >= 0.3 is 0 Å². The van der Waals surface area contributed by atoms with Crippen LogP contribution in [0.15, 0.2) is 88.1 Å². The Hall–Kier alpha value is -3.12. The number of carbonyl (C=O) groups is 1. The number of amides is 1. The lowest BCUT2D eigenvalue weighted by molar-refractivity contribution is -0.114. The number of sulfonamides is 1. The zero-order valence-corrected chi connectivity index (χ0v) is 22.2. The van der Waals surface area contributed by atoms with Crippen LogP contribution in [0.4, 0.5) is 10.8 Å². The van der Waals surface area contributed by atoms with Gasteiger partial charge in [0.15, 0.2) is 4.34 Å². The number of hydrogen-bond acceptors (Lipinski definition) is 8. The molecule has 0 aliphatic rings. The Morgan fingerprint density at radius 1 is 1.06 bits per heavy atom. The Bertz CT molecular complexity index is 1430. The van der Waals surface area contributed by atoms with Gasteiger partial charge in [-0.15, -0.1) is 10.2 Å². The molecule has 1 amide bonds. The lowest BCUT2D eigenvalue weighted by Gasteiger charge is -2.24. The first-order valence-corrected chi connectivity index (χ1v) is 14.2. The number of benzene rings is 3. The lowest BCUT2D eigenvalue weighted by atomic mass is 10.2. The highest BCUT2D eigenvalue weighted by atomic mass is 35.5. The molecule has 0 radical (unpaired) electrons. The minimum atomic E-state index is -4.10. The molecule has 4 aromatic rings. The summed E-state index contributed by atoms with van der Waals surface area (Å²) in [6.45, 7) is -0.485. The molecule has 12 heteroatoms. The van der Waals surface area contributed by atoms with E-state index in [1.54, 1.807) is 30.3 Å². The third-order valence-electron chi connectivity index (χ3n) is 4.89. The molecule has 36 heavy (non-hydrogen) atoms. The summed E-state index contributed by atoms with van der Waals surface area (Å²) in [4.78, 5) is 12.9. The summed E-state index contributed by atoms with van der Waals surface area (Å²) in [7, 11) is -2.60. The predicted molar refractivity (Wildman–Crippen MR) is 144 cm³/mol. The van der Waals surface area contributed by atoms with Crippen LogP contribution in [0.25, 0.3) is 0 Å². The van der Waals surface area contributed by atoms with Crippen LogP contribution >= 0.6 is 34.7 Å². The first-order valence-electron chi connectivity index (χ1n) is 10.6. The SMILES string of the molecule is COc1ccc(S(=O)(=O)N(CC(=O)Nc2nnc(SCc3ccccc3)s2)c2cccc(Cl)c2)cc1. The number of anilines is 2. The Morgan fingerprint density at radius 2 is 1.81 bits per heavy atom. The van der Waals surface area contributed by atoms with Crippen LogP contribution in [0, 0.1) is 0 Å². The Kier molecular flexibility index (Phi) is 8.47. The zero-order valence-electron chi connectivity index (χ0n) is 19.0. The van der Waals surface area contributed by atoms with Crippen LogP contribution in [-0.2, 0) is 20.6 Å². The standard InChI is InChI=1S/C24H21ClN4O4S3/c1-33-20-10-12-21(13-11-20)36(31,32)29(19-9-5-8-18(25)14-19)15-22(30)26-23-27-28-24(35-23)34-16-17-6-3-2-4-7-17/h2-14H,15-16H2,1H3,(H,26,27,30). The van der Waals surface area contributed by atoms with Gasteiger partial charge in [-0.2, -0.15) is 0 Å². The number of hydrogen-bond donors (Lipinski definition) is 1. The summed E-state index contributed by atoms with van der Waals surface area (Å²) < 4.78 is 33.8. The molecule has 4 rings (SSSR count). The minimum Gasteiger partial charge on any atom is -0.497 e. The summed E-state index contributed by atoms with van der Waals surface area (Å²) >= 11 is 8.83. The fourth-order valence-electron chi connectivity index (χ4n) is 3.15. The summed E-state index contributed by atoms with van der Waals surface area (Å²) in [5.74, 6) is 0.660. The highest BCUT2D eigenvalue weighted by molar-refractivity contribution is 8.00. The molecular formula is C24H21ClN4O4S3. The molecule has 1 aromatic heterocycles. The first-order chi connectivity index (χ1) is 17.3. The van der Waals surface area contributed by atoms with Crippen molar-refractivity contribution in [3.63, 3.8) is 0 Å². The normalized spacial score (nSPS) is 11.2. The molecule has 0 bridgehead atoms. The fraction of sp³-hybridized carbons (Fsp3) is 0.125. The van der Waals surface area contributed by atoms with Crippen molar-refractivity contribution in [1.82, 2.24) is 10.2 Å². The van der Waals surface area contributed by atoms with Crippen molar-refractivity contribution >= 4 is 61.4 Å². The van der Waals surface area contributed by atoms with Gasteiger partial charge in [0.1, 0.15) is 12.3 Å². The second-order valence-electron chi connectivity index (χ2n) is 7.36. The maximum atomic E-state index is 13.5.